The van der Waals surface area contributed by atoms with Crippen LogP contribution in [0.5, 0.6) is 0 Å². The molecule has 1 rings (SSSR count). The van der Waals surface area contributed by atoms with Gasteiger partial charge < -0.3 is 10.1 Å². The monoisotopic (exact) mass is 295 g/mol. The second-order valence-electron chi connectivity index (χ2n) is 3.89. The lowest BCUT2D eigenvalue weighted by molar-refractivity contribution is -0.173. The third kappa shape index (κ3) is 5.94. The van der Waals surface area contributed by atoms with E-state index in [4.69, 9.17) is 11.6 Å². The fraction of sp³-hybridized carbons (Fsp3) is 0.417. The Bertz CT molecular complexity index is 449. The SMILES string of the molecule is Cc1ccc(C(=O)NCCOCC(F)(F)F)cc1Cl. The van der Waals surface area contributed by atoms with E-state index in [0.717, 1.165) is 5.56 Å². The molecule has 106 valence electrons. The molecule has 0 aliphatic rings. The summed E-state index contributed by atoms with van der Waals surface area (Å²) in [6.45, 7) is 0.277. The van der Waals surface area contributed by atoms with E-state index >= 15 is 0 Å². The number of amides is 1. The maximum atomic E-state index is 11.8. The van der Waals surface area contributed by atoms with Crippen LogP contribution >= 0.6 is 11.6 Å². The number of hydrogen-bond donors (Lipinski definition) is 1. The van der Waals surface area contributed by atoms with E-state index in [0.29, 0.717) is 10.6 Å². The van der Waals surface area contributed by atoms with Gasteiger partial charge in [0.05, 0.1) is 6.61 Å². The first-order chi connectivity index (χ1) is 8.79. The van der Waals surface area contributed by atoms with Gasteiger partial charge in [-0.15, -0.1) is 0 Å². The highest BCUT2D eigenvalue weighted by molar-refractivity contribution is 6.31. The van der Waals surface area contributed by atoms with Crippen molar-refractivity contribution >= 4 is 17.5 Å². The molecule has 0 atom stereocenters. The predicted molar refractivity (Wildman–Crippen MR) is 65.4 cm³/mol. The molecule has 0 saturated heterocycles. The molecule has 0 radical (unpaired) electrons. The van der Waals surface area contributed by atoms with Crippen molar-refractivity contribution in [2.45, 2.75) is 13.1 Å². The van der Waals surface area contributed by atoms with E-state index in [2.05, 4.69) is 10.1 Å². The minimum Gasteiger partial charge on any atom is -0.370 e. The van der Waals surface area contributed by atoms with Gasteiger partial charge in [0.1, 0.15) is 6.61 Å². The van der Waals surface area contributed by atoms with Crippen molar-refractivity contribution in [3.63, 3.8) is 0 Å². The van der Waals surface area contributed by atoms with Gasteiger partial charge in [-0.1, -0.05) is 17.7 Å². The van der Waals surface area contributed by atoms with Crippen molar-refractivity contribution in [2.75, 3.05) is 19.8 Å². The van der Waals surface area contributed by atoms with Gasteiger partial charge in [-0.25, -0.2) is 0 Å². The quantitative estimate of drug-likeness (QED) is 0.848. The van der Waals surface area contributed by atoms with Gasteiger partial charge in [0, 0.05) is 17.1 Å². The van der Waals surface area contributed by atoms with Crippen molar-refractivity contribution in [1.82, 2.24) is 5.32 Å². The van der Waals surface area contributed by atoms with Gasteiger partial charge in [0.2, 0.25) is 0 Å². The molecule has 1 N–H and O–H groups in total. The molecule has 7 heteroatoms. The van der Waals surface area contributed by atoms with Gasteiger partial charge in [0.25, 0.3) is 5.91 Å². The molecular formula is C12H13ClF3NO2. The van der Waals surface area contributed by atoms with Crippen molar-refractivity contribution in [1.29, 1.82) is 0 Å². The van der Waals surface area contributed by atoms with Gasteiger partial charge >= 0.3 is 6.18 Å². The zero-order chi connectivity index (χ0) is 14.5. The molecule has 0 fully saturated rings. The van der Waals surface area contributed by atoms with Crippen LogP contribution in [0.4, 0.5) is 13.2 Å². The van der Waals surface area contributed by atoms with E-state index < -0.39 is 18.7 Å². The second-order valence-corrected chi connectivity index (χ2v) is 4.29. The van der Waals surface area contributed by atoms with Crippen LogP contribution in [0, 0.1) is 6.92 Å². The van der Waals surface area contributed by atoms with Crippen molar-refractivity contribution in [3.05, 3.63) is 34.3 Å². The summed E-state index contributed by atoms with van der Waals surface area (Å²) in [4.78, 5) is 11.6. The first-order valence-electron chi connectivity index (χ1n) is 5.48. The first kappa shape index (κ1) is 15.8. The van der Waals surface area contributed by atoms with Crippen molar-refractivity contribution in [3.8, 4) is 0 Å². The highest BCUT2D eigenvalue weighted by atomic mass is 35.5. The number of halogens is 4. The Morgan fingerprint density at radius 1 is 1.42 bits per heavy atom. The molecule has 0 aliphatic heterocycles. The summed E-state index contributed by atoms with van der Waals surface area (Å²) < 4.78 is 39.6. The van der Waals surface area contributed by atoms with E-state index in [1.165, 1.54) is 6.07 Å². The van der Waals surface area contributed by atoms with Crippen LogP contribution in [0.25, 0.3) is 0 Å². The number of hydrogen-bond acceptors (Lipinski definition) is 2. The van der Waals surface area contributed by atoms with Crippen LogP contribution in [0.2, 0.25) is 5.02 Å². The molecule has 3 nitrogen and oxygen atoms in total. The second kappa shape index (κ2) is 6.77. The van der Waals surface area contributed by atoms with Crippen molar-refractivity contribution in [2.24, 2.45) is 0 Å². The number of aryl methyl sites for hydroxylation is 1. The molecule has 0 spiro atoms. The van der Waals surface area contributed by atoms with Gasteiger partial charge in [0.15, 0.2) is 0 Å². The lowest BCUT2D eigenvalue weighted by Crippen LogP contribution is -2.28. The molecule has 19 heavy (non-hydrogen) atoms. The van der Waals surface area contributed by atoms with Crippen LogP contribution in [0.3, 0.4) is 0 Å². The zero-order valence-corrected chi connectivity index (χ0v) is 10.9. The molecule has 0 heterocycles. The average Bonchev–Trinajstić information content (AvgIpc) is 2.30. The van der Waals surface area contributed by atoms with Crippen LogP contribution < -0.4 is 5.32 Å². The maximum absolute atomic E-state index is 11.8. The first-order valence-corrected chi connectivity index (χ1v) is 5.86. The molecule has 1 aromatic carbocycles. The number of carbonyl (C=O) groups is 1. The molecule has 0 unspecified atom stereocenters. The fourth-order valence-corrected chi connectivity index (χ4v) is 1.44. The normalized spacial score (nSPS) is 11.4. The predicted octanol–water partition coefficient (Wildman–Crippen LogP) is 2.96. The van der Waals surface area contributed by atoms with E-state index in [-0.39, 0.29) is 13.2 Å². The molecule has 0 aromatic heterocycles. The Labute approximate surface area is 113 Å². The van der Waals surface area contributed by atoms with E-state index in [1.54, 1.807) is 19.1 Å². The van der Waals surface area contributed by atoms with E-state index in [1.807, 2.05) is 0 Å². The molecule has 0 saturated carbocycles. The Morgan fingerprint density at radius 3 is 2.68 bits per heavy atom. The summed E-state index contributed by atoms with van der Waals surface area (Å²) in [5, 5.41) is 2.90. The van der Waals surface area contributed by atoms with Gasteiger partial charge in [-0.3, -0.25) is 4.79 Å². The third-order valence-electron chi connectivity index (χ3n) is 2.23. The van der Waals surface area contributed by atoms with Crippen LogP contribution in [0.15, 0.2) is 18.2 Å². The third-order valence-corrected chi connectivity index (χ3v) is 2.64. The average molecular weight is 296 g/mol. The summed E-state index contributed by atoms with van der Waals surface area (Å²) in [6.07, 6.45) is -4.35. The molecule has 0 bridgehead atoms. The smallest absolute Gasteiger partial charge is 0.370 e. The summed E-state index contributed by atoms with van der Waals surface area (Å²) in [7, 11) is 0. The fourth-order valence-electron chi connectivity index (χ4n) is 1.26. The highest BCUT2D eigenvalue weighted by Gasteiger charge is 2.27. The Morgan fingerprint density at radius 2 is 2.11 bits per heavy atom. The number of alkyl halides is 3. The Kier molecular flexibility index (Phi) is 5.62. The van der Waals surface area contributed by atoms with Gasteiger partial charge in [-0.05, 0) is 24.6 Å². The van der Waals surface area contributed by atoms with E-state index in [9.17, 15) is 18.0 Å². The number of benzene rings is 1. The minimum absolute atomic E-state index is 0.000406. The highest BCUT2D eigenvalue weighted by Crippen LogP contribution is 2.16. The van der Waals surface area contributed by atoms with Crippen LogP contribution in [-0.2, 0) is 4.74 Å². The summed E-state index contributed by atoms with van der Waals surface area (Å²) in [5.41, 5.74) is 1.19. The zero-order valence-electron chi connectivity index (χ0n) is 10.2. The lowest BCUT2D eigenvalue weighted by atomic mass is 10.1. The number of rotatable bonds is 5. The minimum atomic E-state index is -4.35. The van der Waals surface area contributed by atoms with Crippen LogP contribution in [0.1, 0.15) is 15.9 Å². The largest absolute Gasteiger partial charge is 0.411 e. The summed E-state index contributed by atoms with van der Waals surface area (Å²) in [6, 6.07) is 4.79. The molecule has 1 amide bonds. The maximum Gasteiger partial charge on any atom is 0.411 e. The number of ether oxygens (including phenoxy) is 1. The number of nitrogens with one attached hydrogen (secondary N) is 1. The molecule has 1 aromatic rings. The van der Waals surface area contributed by atoms with Gasteiger partial charge in [-0.2, -0.15) is 13.2 Å². The summed E-state index contributed by atoms with van der Waals surface area (Å²) >= 11 is 5.86. The molecular weight excluding hydrogens is 283 g/mol. The van der Waals surface area contributed by atoms with Crippen LogP contribution in [-0.4, -0.2) is 31.8 Å². The van der Waals surface area contributed by atoms with Crippen molar-refractivity contribution < 1.29 is 22.7 Å². The standard InChI is InChI=1S/C12H13ClF3NO2/c1-8-2-3-9(6-10(8)13)11(18)17-4-5-19-7-12(14,15)16/h2-3,6H,4-5,7H2,1H3,(H,17,18). The Balaban J connectivity index is 2.33. The molecule has 0 aliphatic carbocycles. The summed E-state index contributed by atoms with van der Waals surface area (Å²) in [5.74, 6) is -0.405. The number of carbonyl (C=O) groups excluding carboxylic acids is 1. The lowest BCUT2D eigenvalue weighted by Gasteiger charge is -2.09. The topological polar surface area (TPSA) is 38.3 Å². The Hall–Kier alpha value is -1.27.